The van der Waals surface area contributed by atoms with Gasteiger partial charge in [0.2, 0.25) is 0 Å². The molecule has 2 aliphatic carbocycles. The lowest BCUT2D eigenvalue weighted by Crippen LogP contribution is -2.68. The average molecular weight is 481 g/mol. The second-order valence-electron chi connectivity index (χ2n) is 10.4. The van der Waals surface area contributed by atoms with Gasteiger partial charge < -0.3 is 28.8 Å². The van der Waals surface area contributed by atoms with Crippen molar-refractivity contribution in [3.63, 3.8) is 0 Å². The Hall–Kier alpha value is -1.97. The molecule has 0 unspecified atom stereocenters. The summed E-state index contributed by atoms with van der Waals surface area (Å²) in [5.41, 5.74) is -1.98. The lowest BCUT2D eigenvalue weighted by molar-refractivity contribution is -0.241. The van der Waals surface area contributed by atoms with Gasteiger partial charge in [-0.15, -0.1) is 0 Å². The molecule has 1 saturated carbocycles. The van der Waals surface area contributed by atoms with Crippen LogP contribution >= 0.6 is 0 Å². The SMILES string of the molecule is CCCCCC(=O)O[C@H]1C[C@@]2(COC(C)=O)[C@@H](C=C1C)O[C@@H]1[C@H](O)[C@@H](OC(C)=O)[C@]2(C)[C@]12CO2. The minimum Gasteiger partial charge on any atom is -0.465 e. The van der Waals surface area contributed by atoms with Gasteiger partial charge in [0, 0.05) is 26.7 Å². The van der Waals surface area contributed by atoms with Crippen molar-refractivity contribution in [1.29, 1.82) is 0 Å². The number of carbonyl (C=O) groups excluding carboxylic acids is 3. The summed E-state index contributed by atoms with van der Waals surface area (Å²) >= 11 is 0. The maximum Gasteiger partial charge on any atom is 0.306 e. The summed E-state index contributed by atoms with van der Waals surface area (Å²) in [4.78, 5) is 36.6. The molecule has 0 aromatic heterocycles. The van der Waals surface area contributed by atoms with Crippen LogP contribution in [0.5, 0.6) is 0 Å². The van der Waals surface area contributed by atoms with E-state index in [1.165, 1.54) is 13.8 Å². The zero-order chi connectivity index (χ0) is 24.9. The molecule has 0 aromatic rings. The van der Waals surface area contributed by atoms with Crippen LogP contribution in [-0.4, -0.2) is 72.3 Å². The molecule has 0 aromatic carbocycles. The molecule has 3 fully saturated rings. The van der Waals surface area contributed by atoms with E-state index in [1.807, 2.05) is 19.9 Å². The zero-order valence-corrected chi connectivity index (χ0v) is 20.6. The zero-order valence-electron chi connectivity index (χ0n) is 20.6. The van der Waals surface area contributed by atoms with Crippen LogP contribution in [0.3, 0.4) is 0 Å². The molecule has 2 saturated heterocycles. The Balaban J connectivity index is 1.74. The monoisotopic (exact) mass is 480 g/mol. The van der Waals surface area contributed by atoms with E-state index in [9.17, 15) is 19.5 Å². The van der Waals surface area contributed by atoms with E-state index >= 15 is 0 Å². The number of hydrogen-bond donors (Lipinski definition) is 1. The van der Waals surface area contributed by atoms with Crippen molar-refractivity contribution in [2.75, 3.05) is 13.2 Å². The predicted octanol–water partition coefficient (Wildman–Crippen LogP) is 2.23. The number of epoxide rings is 1. The second-order valence-corrected chi connectivity index (χ2v) is 10.4. The number of unbranched alkanes of at least 4 members (excludes halogenated alkanes) is 2. The van der Waals surface area contributed by atoms with Gasteiger partial charge in [-0.2, -0.15) is 0 Å². The highest BCUT2D eigenvalue weighted by Crippen LogP contribution is 2.72. The van der Waals surface area contributed by atoms with E-state index in [1.54, 1.807) is 0 Å². The minimum atomic E-state index is -1.11. The highest BCUT2D eigenvalue weighted by atomic mass is 16.7. The lowest BCUT2D eigenvalue weighted by Gasteiger charge is -2.58. The molecule has 34 heavy (non-hydrogen) atoms. The van der Waals surface area contributed by atoms with Gasteiger partial charge in [0.15, 0.2) is 0 Å². The van der Waals surface area contributed by atoms with Crippen molar-refractivity contribution in [2.24, 2.45) is 10.8 Å². The Bertz CT molecular complexity index is 878. The summed E-state index contributed by atoms with van der Waals surface area (Å²) in [6.45, 7) is 8.74. The third kappa shape index (κ3) is 3.67. The molecule has 0 radical (unpaired) electrons. The van der Waals surface area contributed by atoms with Crippen molar-refractivity contribution >= 4 is 17.9 Å². The van der Waals surface area contributed by atoms with Gasteiger partial charge in [-0.25, -0.2) is 0 Å². The standard InChI is InChI=1S/C25H36O9/c1-6-7-8-9-19(28)33-17-11-24(12-30-15(3)26)18(10-14(17)2)34-22-20(29)21(32-16(4)27)23(24,5)25(22)13-31-25/h10,17-18,20-22,29H,6-9,11-13H2,1-5H3/t17-,18+,20+,21+,22+,23-,24+,25-/m0/s1. The van der Waals surface area contributed by atoms with Gasteiger partial charge in [-0.05, 0) is 18.9 Å². The minimum absolute atomic E-state index is 0.0561. The molecule has 1 N–H and O–H groups in total. The number of aliphatic hydroxyl groups excluding tert-OH is 1. The van der Waals surface area contributed by atoms with Crippen LogP contribution in [0.4, 0.5) is 0 Å². The number of fused-ring (bicyclic) bond motifs is 2. The number of carbonyl (C=O) groups is 3. The van der Waals surface area contributed by atoms with E-state index in [0.29, 0.717) is 13.0 Å². The van der Waals surface area contributed by atoms with Crippen LogP contribution < -0.4 is 0 Å². The first-order valence-corrected chi connectivity index (χ1v) is 12.2. The van der Waals surface area contributed by atoms with E-state index in [4.69, 9.17) is 23.7 Å². The molecule has 190 valence electrons. The van der Waals surface area contributed by atoms with Crippen LogP contribution in [0.15, 0.2) is 11.6 Å². The quantitative estimate of drug-likeness (QED) is 0.183. The number of esters is 3. The first kappa shape index (κ1) is 25.1. The maximum atomic E-state index is 12.6. The van der Waals surface area contributed by atoms with Gasteiger partial charge in [0.25, 0.3) is 0 Å². The van der Waals surface area contributed by atoms with E-state index in [0.717, 1.165) is 24.8 Å². The molecule has 9 heteroatoms. The smallest absolute Gasteiger partial charge is 0.306 e. The lowest BCUT2D eigenvalue weighted by atomic mass is 9.51. The number of hydrogen-bond acceptors (Lipinski definition) is 9. The molecule has 1 spiro atoms. The molecular formula is C25H36O9. The van der Waals surface area contributed by atoms with Gasteiger partial charge in [0.05, 0.1) is 23.5 Å². The molecule has 2 bridgehead atoms. The number of aliphatic hydroxyl groups is 1. The highest BCUT2D eigenvalue weighted by Gasteiger charge is 2.86. The topological polar surface area (TPSA) is 121 Å². The number of ether oxygens (including phenoxy) is 5. The molecule has 9 nitrogen and oxygen atoms in total. The molecule has 4 aliphatic rings. The Kier molecular flexibility index (Phi) is 6.59. The fourth-order valence-corrected chi connectivity index (χ4v) is 6.46. The third-order valence-corrected chi connectivity index (χ3v) is 8.41. The average Bonchev–Trinajstić information content (AvgIpc) is 3.54. The number of rotatable bonds is 8. The molecule has 2 aliphatic heterocycles. The van der Waals surface area contributed by atoms with Crippen LogP contribution in [-0.2, 0) is 38.1 Å². The Morgan fingerprint density at radius 1 is 1.18 bits per heavy atom. The Morgan fingerprint density at radius 3 is 2.47 bits per heavy atom. The summed E-state index contributed by atoms with van der Waals surface area (Å²) in [6.07, 6.45) is 1.34. The second kappa shape index (κ2) is 8.91. The largest absolute Gasteiger partial charge is 0.465 e. The summed E-state index contributed by atoms with van der Waals surface area (Å²) in [5.74, 6) is -1.28. The Labute approximate surface area is 200 Å². The predicted molar refractivity (Wildman–Crippen MR) is 118 cm³/mol. The van der Waals surface area contributed by atoms with Gasteiger partial charge >= 0.3 is 17.9 Å². The summed E-state index contributed by atoms with van der Waals surface area (Å²) in [7, 11) is 0. The van der Waals surface area contributed by atoms with Crippen molar-refractivity contribution in [3.8, 4) is 0 Å². The Morgan fingerprint density at radius 2 is 1.88 bits per heavy atom. The van der Waals surface area contributed by atoms with Crippen molar-refractivity contribution in [1.82, 2.24) is 0 Å². The fraction of sp³-hybridized carbons (Fsp3) is 0.800. The molecular weight excluding hydrogens is 444 g/mol. The van der Waals surface area contributed by atoms with Crippen LogP contribution in [0.1, 0.15) is 66.7 Å². The van der Waals surface area contributed by atoms with Crippen LogP contribution in [0, 0.1) is 10.8 Å². The normalized spacial score (nSPS) is 41.9. The third-order valence-electron chi connectivity index (χ3n) is 8.41. The van der Waals surface area contributed by atoms with Gasteiger partial charge in [0.1, 0.15) is 36.6 Å². The van der Waals surface area contributed by atoms with Crippen LogP contribution in [0.25, 0.3) is 0 Å². The molecule has 8 atom stereocenters. The highest BCUT2D eigenvalue weighted by molar-refractivity contribution is 5.70. The summed E-state index contributed by atoms with van der Waals surface area (Å²) in [6, 6.07) is 0. The first-order valence-electron chi connectivity index (χ1n) is 12.2. The van der Waals surface area contributed by atoms with Crippen LogP contribution in [0.2, 0.25) is 0 Å². The van der Waals surface area contributed by atoms with Gasteiger partial charge in [-0.1, -0.05) is 32.8 Å². The first-order chi connectivity index (χ1) is 16.0. The van der Waals surface area contributed by atoms with E-state index in [2.05, 4.69) is 6.92 Å². The van der Waals surface area contributed by atoms with Gasteiger partial charge in [-0.3, -0.25) is 14.4 Å². The molecule has 0 amide bonds. The van der Waals surface area contributed by atoms with Crippen molar-refractivity contribution in [2.45, 2.75) is 103 Å². The van der Waals surface area contributed by atoms with E-state index in [-0.39, 0.29) is 19.0 Å². The molecule has 4 rings (SSSR count). The summed E-state index contributed by atoms with van der Waals surface area (Å²) < 4.78 is 29.5. The van der Waals surface area contributed by atoms with Crippen molar-refractivity contribution < 1.29 is 43.2 Å². The van der Waals surface area contributed by atoms with Crippen molar-refractivity contribution in [3.05, 3.63) is 11.6 Å². The maximum absolute atomic E-state index is 12.6. The molecule has 2 heterocycles. The fourth-order valence-electron chi connectivity index (χ4n) is 6.46. The summed E-state index contributed by atoms with van der Waals surface area (Å²) in [5, 5.41) is 11.2. The van der Waals surface area contributed by atoms with E-state index < -0.39 is 58.9 Å².